The van der Waals surface area contributed by atoms with E-state index in [2.05, 4.69) is 5.32 Å². The molecule has 0 bridgehead atoms. The normalized spacial score (nSPS) is 17.4. The summed E-state index contributed by atoms with van der Waals surface area (Å²) in [5.41, 5.74) is -0.360. The molecule has 0 heterocycles. The fourth-order valence-corrected chi connectivity index (χ4v) is 2.31. The van der Waals surface area contributed by atoms with Crippen LogP contribution in [0.2, 0.25) is 0 Å². The first-order valence-electron chi connectivity index (χ1n) is 6.90. The molecule has 3 heteroatoms. The molecule has 0 aromatic carbocycles. The number of nitrogens with one attached hydrogen (secondary N) is 1. The molecule has 0 atom stereocenters. The lowest BCUT2D eigenvalue weighted by Gasteiger charge is -2.19. The Hall–Kier alpha value is -0.570. The third-order valence-corrected chi connectivity index (χ3v) is 3.13. The van der Waals surface area contributed by atoms with Crippen LogP contribution in [0.4, 0.5) is 0 Å². The highest BCUT2D eigenvalue weighted by molar-refractivity contribution is 5.70. The van der Waals surface area contributed by atoms with Gasteiger partial charge in [-0.15, -0.1) is 0 Å². The number of hydrogen-bond acceptors (Lipinski definition) is 3. The van der Waals surface area contributed by atoms with Gasteiger partial charge in [0.1, 0.15) is 5.60 Å². The molecule has 0 amide bonds. The summed E-state index contributed by atoms with van der Waals surface area (Å²) in [4.78, 5) is 11.4. The van der Waals surface area contributed by atoms with Crippen LogP contribution in [0.25, 0.3) is 0 Å². The van der Waals surface area contributed by atoms with Gasteiger partial charge in [0.15, 0.2) is 0 Å². The van der Waals surface area contributed by atoms with Gasteiger partial charge in [-0.3, -0.25) is 4.79 Å². The lowest BCUT2D eigenvalue weighted by Crippen LogP contribution is -2.27. The Morgan fingerprint density at radius 1 is 1.24 bits per heavy atom. The van der Waals surface area contributed by atoms with Crippen molar-refractivity contribution in [2.75, 3.05) is 13.1 Å². The molecule has 0 unspecified atom stereocenters. The monoisotopic (exact) mass is 241 g/mol. The summed E-state index contributed by atoms with van der Waals surface area (Å²) in [6.07, 6.45) is 7.34. The van der Waals surface area contributed by atoms with Crippen molar-refractivity contribution in [3.8, 4) is 0 Å². The van der Waals surface area contributed by atoms with Gasteiger partial charge >= 0.3 is 5.97 Å². The molecule has 0 saturated heterocycles. The predicted molar refractivity (Wildman–Crippen MR) is 69.9 cm³/mol. The first-order valence-corrected chi connectivity index (χ1v) is 6.90. The zero-order chi connectivity index (χ0) is 12.7. The van der Waals surface area contributed by atoms with Gasteiger partial charge in [-0.1, -0.05) is 25.7 Å². The Bertz CT molecular complexity index is 227. The fraction of sp³-hybridized carbons (Fsp3) is 0.929. The smallest absolute Gasteiger partial charge is 0.307 e. The SMILES string of the molecule is CC(C)(C)OC(=O)CCNCCC1CCCC1. The minimum atomic E-state index is -0.360. The highest BCUT2D eigenvalue weighted by Crippen LogP contribution is 2.26. The molecule has 0 spiro atoms. The van der Waals surface area contributed by atoms with E-state index in [1.54, 1.807) is 0 Å². The molecule has 1 aliphatic rings. The molecule has 1 N–H and O–H groups in total. The van der Waals surface area contributed by atoms with Gasteiger partial charge < -0.3 is 10.1 Å². The van der Waals surface area contributed by atoms with E-state index >= 15 is 0 Å². The zero-order valence-electron chi connectivity index (χ0n) is 11.6. The van der Waals surface area contributed by atoms with Crippen molar-refractivity contribution in [1.29, 1.82) is 0 Å². The Kier molecular flexibility index (Phi) is 5.96. The van der Waals surface area contributed by atoms with Gasteiger partial charge in [0.05, 0.1) is 6.42 Å². The van der Waals surface area contributed by atoms with Crippen LogP contribution < -0.4 is 5.32 Å². The van der Waals surface area contributed by atoms with Crippen LogP contribution in [0.15, 0.2) is 0 Å². The molecule has 17 heavy (non-hydrogen) atoms. The molecule has 1 saturated carbocycles. The number of carbonyl (C=O) groups excluding carboxylic acids is 1. The zero-order valence-corrected chi connectivity index (χ0v) is 11.6. The van der Waals surface area contributed by atoms with Gasteiger partial charge in [0.25, 0.3) is 0 Å². The first-order chi connectivity index (χ1) is 7.97. The summed E-state index contributed by atoms with van der Waals surface area (Å²) < 4.78 is 5.24. The van der Waals surface area contributed by atoms with E-state index < -0.39 is 0 Å². The van der Waals surface area contributed by atoms with E-state index in [9.17, 15) is 4.79 Å². The molecule has 1 aliphatic carbocycles. The van der Waals surface area contributed by atoms with Gasteiger partial charge in [0, 0.05) is 6.54 Å². The molecule has 1 rings (SSSR count). The average Bonchev–Trinajstić information content (AvgIpc) is 2.67. The van der Waals surface area contributed by atoms with Crippen LogP contribution in [0.3, 0.4) is 0 Å². The lowest BCUT2D eigenvalue weighted by molar-refractivity contribution is -0.154. The molecular formula is C14H27NO2. The van der Waals surface area contributed by atoms with E-state index in [0.29, 0.717) is 6.42 Å². The molecule has 0 aromatic heterocycles. The number of hydrogen-bond donors (Lipinski definition) is 1. The van der Waals surface area contributed by atoms with E-state index in [1.165, 1.54) is 32.1 Å². The van der Waals surface area contributed by atoms with E-state index in [4.69, 9.17) is 4.74 Å². The Morgan fingerprint density at radius 2 is 1.88 bits per heavy atom. The maximum Gasteiger partial charge on any atom is 0.307 e. The Balaban J connectivity index is 1.94. The number of ether oxygens (including phenoxy) is 1. The summed E-state index contributed by atoms with van der Waals surface area (Å²) in [5.74, 6) is 0.815. The average molecular weight is 241 g/mol. The topological polar surface area (TPSA) is 38.3 Å². The third-order valence-electron chi connectivity index (χ3n) is 3.13. The first kappa shape index (κ1) is 14.5. The van der Waals surface area contributed by atoms with Crippen molar-refractivity contribution in [2.24, 2.45) is 5.92 Å². The summed E-state index contributed by atoms with van der Waals surface area (Å²) in [6, 6.07) is 0. The van der Waals surface area contributed by atoms with Crippen LogP contribution in [0.5, 0.6) is 0 Å². The third kappa shape index (κ3) is 7.37. The summed E-state index contributed by atoms with van der Waals surface area (Å²) in [7, 11) is 0. The van der Waals surface area contributed by atoms with Crippen LogP contribution in [0, 0.1) is 5.92 Å². The summed E-state index contributed by atoms with van der Waals surface area (Å²) in [6.45, 7) is 7.48. The lowest BCUT2D eigenvalue weighted by atomic mass is 10.0. The molecule has 3 nitrogen and oxygen atoms in total. The summed E-state index contributed by atoms with van der Waals surface area (Å²) >= 11 is 0. The predicted octanol–water partition coefficient (Wildman–Crippen LogP) is 2.89. The van der Waals surface area contributed by atoms with Crippen molar-refractivity contribution in [3.63, 3.8) is 0 Å². The molecule has 0 aromatic rings. The highest BCUT2D eigenvalue weighted by atomic mass is 16.6. The van der Waals surface area contributed by atoms with Crippen LogP contribution in [-0.2, 0) is 9.53 Å². The second kappa shape index (κ2) is 7.00. The standard InChI is InChI=1S/C14H27NO2/c1-14(2,3)17-13(16)9-11-15-10-8-12-6-4-5-7-12/h12,15H,4-11H2,1-3H3. The number of carbonyl (C=O) groups is 1. The fourth-order valence-electron chi connectivity index (χ4n) is 2.31. The van der Waals surface area contributed by atoms with Gasteiger partial charge in [-0.2, -0.15) is 0 Å². The maximum atomic E-state index is 11.4. The van der Waals surface area contributed by atoms with Crippen LogP contribution in [-0.4, -0.2) is 24.7 Å². The van der Waals surface area contributed by atoms with Crippen molar-refractivity contribution in [3.05, 3.63) is 0 Å². The molecule has 0 radical (unpaired) electrons. The van der Waals surface area contributed by atoms with Crippen LogP contribution >= 0.6 is 0 Å². The quantitative estimate of drug-likeness (QED) is 0.574. The van der Waals surface area contributed by atoms with Gasteiger partial charge in [-0.05, 0) is 39.7 Å². The van der Waals surface area contributed by atoms with Crippen LogP contribution in [0.1, 0.15) is 59.3 Å². The van der Waals surface area contributed by atoms with Gasteiger partial charge in [0.2, 0.25) is 0 Å². The second-order valence-electron chi connectivity index (χ2n) is 6.03. The van der Waals surface area contributed by atoms with Crippen molar-refractivity contribution in [1.82, 2.24) is 5.32 Å². The van der Waals surface area contributed by atoms with Gasteiger partial charge in [-0.25, -0.2) is 0 Å². The van der Waals surface area contributed by atoms with Crippen molar-refractivity contribution in [2.45, 2.75) is 64.9 Å². The highest BCUT2D eigenvalue weighted by Gasteiger charge is 2.16. The molecule has 0 aliphatic heterocycles. The maximum absolute atomic E-state index is 11.4. The van der Waals surface area contributed by atoms with Crippen molar-refractivity contribution < 1.29 is 9.53 Å². The Morgan fingerprint density at radius 3 is 2.47 bits per heavy atom. The van der Waals surface area contributed by atoms with Crippen molar-refractivity contribution >= 4 is 5.97 Å². The molecule has 100 valence electrons. The minimum absolute atomic E-state index is 0.106. The molecular weight excluding hydrogens is 214 g/mol. The molecule has 1 fully saturated rings. The van der Waals surface area contributed by atoms with E-state index in [1.807, 2.05) is 20.8 Å². The largest absolute Gasteiger partial charge is 0.460 e. The number of esters is 1. The van der Waals surface area contributed by atoms with E-state index in [0.717, 1.165) is 19.0 Å². The van der Waals surface area contributed by atoms with E-state index in [-0.39, 0.29) is 11.6 Å². The number of rotatable bonds is 6. The Labute approximate surface area is 105 Å². The second-order valence-corrected chi connectivity index (χ2v) is 6.03. The minimum Gasteiger partial charge on any atom is -0.460 e. The summed E-state index contributed by atoms with van der Waals surface area (Å²) in [5, 5.41) is 3.33.